The summed E-state index contributed by atoms with van der Waals surface area (Å²) in [7, 11) is 0. The minimum absolute atomic E-state index is 0.428. The molecule has 84 valence electrons. The molecule has 1 N–H and O–H groups in total. The van der Waals surface area contributed by atoms with E-state index < -0.39 is 0 Å². The molecule has 1 nitrogen and oxygen atoms in total. The molecule has 0 aromatic heterocycles. The van der Waals surface area contributed by atoms with E-state index in [1.54, 1.807) is 0 Å². The molecule has 0 bridgehead atoms. The molecule has 1 saturated heterocycles. The fourth-order valence-electron chi connectivity index (χ4n) is 2.75. The second-order valence-corrected chi connectivity index (χ2v) is 6.07. The molecule has 0 unspecified atom stereocenters. The fourth-order valence-corrected chi connectivity index (χ4v) is 2.75. The molecule has 1 heteroatoms. The van der Waals surface area contributed by atoms with Gasteiger partial charge in [0.1, 0.15) is 0 Å². The van der Waals surface area contributed by atoms with Crippen LogP contribution in [0.3, 0.4) is 0 Å². The number of hydrogen-bond donors (Lipinski definition) is 1. The maximum atomic E-state index is 3.70. The topological polar surface area (TPSA) is 12.0 Å². The van der Waals surface area contributed by atoms with E-state index >= 15 is 0 Å². The van der Waals surface area contributed by atoms with Crippen molar-refractivity contribution in [1.82, 2.24) is 5.32 Å². The Kier molecular flexibility index (Phi) is 4.00. The summed E-state index contributed by atoms with van der Waals surface area (Å²) in [6, 6.07) is 0. The monoisotopic (exact) mass is 197 g/mol. The van der Waals surface area contributed by atoms with Crippen LogP contribution in [0.4, 0.5) is 0 Å². The van der Waals surface area contributed by atoms with Gasteiger partial charge >= 0.3 is 0 Å². The zero-order valence-electron chi connectivity index (χ0n) is 10.4. The molecule has 1 rings (SSSR count). The standard InChI is InChI=1S/C13H27N/c1-5-6-7-8-9-13(4)10-12(2,3)11-14-13/h14H,5-11H2,1-4H3/t13-/m1/s1. The molecule has 0 aliphatic carbocycles. The highest BCUT2D eigenvalue weighted by Gasteiger charge is 2.38. The average molecular weight is 197 g/mol. The van der Waals surface area contributed by atoms with Gasteiger partial charge in [-0.15, -0.1) is 0 Å². The van der Waals surface area contributed by atoms with Gasteiger partial charge in [-0.3, -0.25) is 0 Å². The Morgan fingerprint density at radius 1 is 1.07 bits per heavy atom. The van der Waals surface area contributed by atoms with Crippen molar-refractivity contribution in [1.29, 1.82) is 0 Å². The van der Waals surface area contributed by atoms with Crippen molar-refractivity contribution in [3.05, 3.63) is 0 Å². The van der Waals surface area contributed by atoms with Crippen molar-refractivity contribution in [2.24, 2.45) is 5.41 Å². The maximum Gasteiger partial charge on any atom is 0.0159 e. The first-order valence-corrected chi connectivity index (χ1v) is 6.22. The summed E-state index contributed by atoms with van der Waals surface area (Å²) in [5, 5.41) is 3.70. The summed E-state index contributed by atoms with van der Waals surface area (Å²) < 4.78 is 0. The Balaban J connectivity index is 2.23. The lowest BCUT2D eigenvalue weighted by atomic mass is 9.82. The normalized spacial score (nSPS) is 30.9. The van der Waals surface area contributed by atoms with Crippen LogP contribution in [0.5, 0.6) is 0 Å². The smallest absolute Gasteiger partial charge is 0.0159 e. The van der Waals surface area contributed by atoms with Gasteiger partial charge in [0.15, 0.2) is 0 Å². The van der Waals surface area contributed by atoms with E-state index in [1.807, 2.05) is 0 Å². The third kappa shape index (κ3) is 3.61. The first-order chi connectivity index (χ1) is 6.47. The lowest BCUT2D eigenvalue weighted by Crippen LogP contribution is -2.35. The van der Waals surface area contributed by atoms with Crippen molar-refractivity contribution < 1.29 is 0 Å². The molecule has 0 amide bonds. The van der Waals surface area contributed by atoms with Gasteiger partial charge in [-0.1, -0.05) is 46.5 Å². The van der Waals surface area contributed by atoms with Gasteiger partial charge in [0, 0.05) is 12.1 Å². The van der Waals surface area contributed by atoms with Gasteiger partial charge in [0.05, 0.1) is 0 Å². The van der Waals surface area contributed by atoms with Crippen LogP contribution in [0.1, 0.15) is 66.2 Å². The first-order valence-electron chi connectivity index (χ1n) is 6.22. The lowest BCUT2D eigenvalue weighted by molar-refractivity contribution is 0.324. The first kappa shape index (κ1) is 12.0. The molecular formula is C13H27N. The minimum atomic E-state index is 0.428. The zero-order valence-corrected chi connectivity index (χ0v) is 10.4. The average Bonchev–Trinajstić information content (AvgIpc) is 2.36. The maximum absolute atomic E-state index is 3.70. The van der Waals surface area contributed by atoms with Crippen LogP contribution in [0.15, 0.2) is 0 Å². The van der Waals surface area contributed by atoms with Gasteiger partial charge in [-0.2, -0.15) is 0 Å². The molecule has 1 fully saturated rings. The van der Waals surface area contributed by atoms with Crippen molar-refractivity contribution in [3.8, 4) is 0 Å². The second-order valence-electron chi connectivity index (χ2n) is 6.07. The van der Waals surface area contributed by atoms with Crippen molar-refractivity contribution in [2.75, 3.05) is 6.54 Å². The molecule has 1 heterocycles. The molecule has 0 aromatic carbocycles. The van der Waals surface area contributed by atoms with Crippen LogP contribution in [0.2, 0.25) is 0 Å². The number of rotatable bonds is 5. The highest BCUT2D eigenvalue weighted by Crippen LogP contribution is 2.36. The Morgan fingerprint density at radius 2 is 1.79 bits per heavy atom. The van der Waals surface area contributed by atoms with Gasteiger partial charge in [0.2, 0.25) is 0 Å². The largest absolute Gasteiger partial charge is 0.311 e. The molecule has 0 spiro atoms. The van der Waals surface area contributed by atoms with Gasteiger partial charge in [0.25, 0.3) is 0 Å². The van der Waals surface area contributed by atoms with Crippen molar-refractivity contribution in [2.45, 2.75) is 71.8 Å². The van der Waals surface area contributed by atoms with Crippen molar-refractivity contribution >= 4 is 0 Å². The summed E-state index contributed by atoms with van der Waals surface area (Å²) in [6.45, 7) is 10.6. The van der Waals surface area contributed by atoms with E-state index in [0.717, 1.165) is 0 Å². The fraction of sp³-hybridized carbons (Fsp3) is 1.00. The second kappa shape index (κ2) is 4.65. The Morgan fingerprint density at radius 3 is 2.29 bits per heavy atom. The van der Waals surface area contributed by atoms with E-state index in [4.69, 9.17) is 0 Å². The summed E-state index contributed by atoms with van der Waals surface area (Å²) in [6.07, 6.45) is 8.25. The van der Waals surface area contributed by atoms with Gasteiger partial charge in [-0.25, -0.2) is 0 Å². The summed E-state index contributed by atoms with van der Waals surface area (Å²) >= 11 is 0. The number of hydrogen-bond acceptors (Lipinski definition) is 1. The van der Waals surface area contributed by atoms with E-state index in [9.17, 15) is 0 Å². The highest BCUT2D eigenvalue weighted by molar-refractivity contribution is 4.97. The molecular weight excluding hydrogens is 170 g/mol. The third-order valence-corrected chi connectivity index (χ3v) is 3.44. The third-order valence-electron chi connectivity index (χ3n) is 3.44. The summed E-state index contributed by atoms with van der Waals surface area (Å²) in [5.74, 6) is 0. The van der Waals surface area contributed by atoms with E-state index in [0.29, 0.717) is 11.0 Å². The molecule has 1 aliphatic rings. The lowest BCUT2D eigenvalue weighted by Gasteiger charge is -2.26. The Labute approximate surface area is 89.7 Å². The highest BCUT2D eigenvalue weighted by atomic mass is 15.0. The van der Waals surface area contributed by atoms with Gasteiger partial charge < -0.3 is 5.32 Å². The van der Waals surface area contributed by atoms with Crippen LogP contribution in [-0.4, -0.2) is 12.1 Å². The number of nitrogens with one attached hydrogen (secondary N) is 1. The quantitative estimate of drug-likeness (QED) is 0.662. The molecule has 0 aromatic rings. The minimum Gasteiger partial charge on any atom is -0.311 e. The molecule has 0 radical (unpaired) electrons. The van der Waals surface area contributed by atoms with E-state index in [1.165, 1.54) is 45.1 Å². The summed E-state index contributed by atoms with van der Waals surface area (Å²) in [4.78, 5) is 0. The SMILES string of the molecule is CCCCCC[C@]1(C)CC(C)(C)CN1. The Hall–Kier alpha value is -0.0400. The molecule has 0 saturated carbocycles. The van der Waals surface area contributed by atoms with Crippen LogP contribution in [0, 0.1) is 5.41 Å². The van der Waals surface area contributed by atoms with Crippen LogP contribution in [0.25, 0.3) is 0 Å². The predicted molar refractivity (Wildman–Crippen MR) is 63.6 cm³/mol. The van der Waals surface area contributed by atoms with Crippen LogP contribution in [-0.2, 0) is 0 Å². The predicted octanol–water partition coefficient (Wildman–Crippen LogP) is 3.74. The van der Waals surface area contributed by atoms with E-state index in [2.05, 4.69) is 33.0 Å². The molecule has 1 atom stereocenters. The molecule has 14 heavy (non-hydrogen) atoms. The van der Waals surface area contributed by atoms with Crippen LogP contribution >= 0.6 is 0 Å². The van der Waals surface area contributed by atoms with Crippen molar-refractivity contribution in [3.63, 3.8) is 0 Å². The van der Waals surface area contributed by atoms with Gasteiger partial charge in [-0.05, 0) is 25.2 Å². The number of unbranched alkanes of at least 4 members (excludes halogenated alkanes) is 3. The van der Waals surface area contributed by atoms with Crippen LogP contribution < -0.4 is 5.32 Å². The Bertz CT molecular complexity index is 174. The zero-order chi connectivity index (χ0) is 10.7. The summed E-state index contributed by atoms with van der Waals surface area (Å²) in [5.41, 5.74) is 0.941. The van der Waals surface area contributed by atoms with E-state index in [-0.39, 0.29) is 0 Å². The molecule has 1 aliphatic heterocycles.